The van der Waals surface area contributed by atoms with Crippen molar-refractivity contribution >= 4 is 21.6 Å². The van der Waals surface area contributed by atoms with Crippen LogP contribution < -0.4 is 10.1 Å². The topological polar surface area (TPSA) is 84.9 Å². The zero-order valence-electron chi connectivity index (χ0n) is 18.5. The Balaban J connectivity index is 1.48. The second-order valence-corrected chi connectivity index (χ2v) is 10.6. The smallest absolute Gasteiger partial charge is 0.255 e. The third-order valence-corrected chi connectivity index (χ3v) is 7.64. The van der Waals surface area contributed by atoms with Crippen LogP contribution in [0.25, 0.3) is 0 Å². The fourth-order valence-corrected chi connectivity index (χ4v) is 5.96. The molecule has 172 valence electrons. The number of anilines is 1. The van der Waals surface area contributed by atoms with E-state index >= 15 is 0 Å². The van der Waals surface area contributed by atoms with E-state index in [-0.39, 0.29) is 47.8 Å². The number of morpholine rings is 1. The summed E-state index contributed by atoms with van der Waals surface area (Å²) >= 11 is 0. The summed E-state index contributed by atoms with van der Waals surface area (Å²) in [5, 5.41) is 2.85. The van der Waals surface area contributed by atoms with Crippen molar-refractivity contribution in [3.05, 3.63) is 54.1 Å². The molecule has 2 aromatic rings. The van der Waals surface area contributed by atoms with Crippen molar-refractivity contribution in [3.8, 4) is 5.75 Å². The van der Waals surface area contributed by atoms with Crippen molar-refractivity contribution < 1.29 is 22.7 Å². The van der Waals surface area contributed by atoms with E-state index in [1.807, 2.05) is 26.0 Å². The number of hydrogen-bond acceptors (Lipinski definition) is 5. The fourth-order valence-electron chi connectivity index (χ4n) is 4.32. The Labute approximate surface area is 189 Å². The number of benzene rings is 2. The van der Waals surface area contributed by atoms with Crippen LogP contribution in [0, 0.1) is 0 Å². The Hall–Kier alpha value is -2.42. The van der Waals surface area contributed by atoms with Gasteiger partial charge in [-0.15, -0.1) is 0 Å². The van der Waals surface area contributed by atoms with Crippen molar-refractivity contribution in [1.82, 2.24) is 4.31 Å². The molecule has 0 radical (unpaired) electrons. The molecule has 2 atom stereocenters. The van der Waals surface area contributed by atoms with Gasteiger partial charge in [0.05, 0.1) is 23.2 Å². The van der Waals surface area contributed by atoms with Crippen LogP contribution in [-0.4, -0.2) is 50.0 Å². The van der Waals surface area contributed by atoms with E-state index in [1.54, 1.807) is 24.3 Å². The molecule has 8 heteroatoms. The van der Waals surface area contributed by atoms with E-state index in [2.05, 4.69) is 5.32 Å². The molecule has 0 unspecified atom stereocenters. The molecule has 2 aromatic carbocycles. The number of nitrogens with one attached hydrogen (secondary N) is 1. The van der Waals surface area contributed by atoms with Crippen LogP contribution >= 0.6 is 0 Å². The summed E-state index contributed by atoms with van der Waals surface area (Å²) in [6, 6.07) is 13.4. The molecule has 0 aromatic heterocycles. The molecule has 2 fully saturated rings. The van der Waals surface area contributed by atoms with Gasteiger partial charge in [0, 0.05) is 30.4 Å². The van der Waals surface area contributed by atoms with E-state index in [4.69, 9.17) is 9.47 Å². The highest BCUT2D eigenvalue weighted by Crippen LogP contribution is 2.26. The largest absolute Gasteiger partial charge is 0.490 e. The Morgan fingerprint density at radius 1 is 1.03 bits per heavy atom. The van der Waals surface area contributed by atoms with Gasteiger partial charge < -0.3 is 14.8 Å². The average molecular weight is 459 g/mol. The van der Waals surface area contributed by atoms with Crippen LogP contribution in [0.15, 0.2) is 53.4 Å². The van der Waals surface area contributed by atoms with Crippen LogP contribution in [0.4, 0.5) is 5.69 Å². The molecular formula is C24H30N2O5S. The maximum atomic E-state index is 13.1. The molecular weight excluding hydrogens is 428 g/mol. The lowest BCUT2D eigenvalue weighted by Crippen LogP contribution is -2.48. The van der Waals surface area contributed by atoms with Crippen molar-refractivity contribution in [1.29, 1.82) is 0 Å². The summed E-state index contributed by atoms with van der Waals surface area (Å²) in [7, 11) is -3.72. The zero-order chi connectivity index (χ0) is 22.7. The van der Waals surface area contributed by atoms with Gasteiger partial charge in [0.15, 0.2) is 0 Å². The number of sulfonamides is 1. The lowest BCUT2D eigenvalue weighted by molar-refractivity contribution is -0.0440. The van der Waals surface area contributed by atoms with Crippen molar-refractivity contribution in [2.75, 3.05) is 18.4 Å². The summed E-state index contributed by atoms with van der Waals surface area (Å²) < 4.78 is 39.4. The van der Waals surface area contributed by atoms with Gasteiger partial charge in [-0.25, -0.2) is 8.42 Å². The van der Waals surface area contributed by atoms with Crippen LogP contribution in [0.3, 0.4) is 0 Å². The maximum absolute atomic E-state index is 13.1. The lowest BCUT2D eigenvalue weighted by atomic mass is 10.2. The minimum absolute atomic E-state index is 0.102. The first-order valence-corrected chi connectivity index (χ1v) is 12.6. The minimum atomic E-state index is -3.72. The number of amides is 1. The average Bonchev–Trinajstić information content (AvgIpc) is 3.26. The van der Waals surface area contributed by atoms with Crippen LogP contribution in [-0.2, 0) is 14.8 Å². The Bertz CT molecular complexity index is 1060. The fraction of sp³-hybridized carbons (Fsp3) is 0.458. The SMILES string of the molecule is C[C@H]1CN(S(=O)(=O)c2cccc(C(=O)Nc3cccc(OC4CCCC4)c3)c2)C[C@H](C)O1. The van der Waals surface area contributed by atoms with Gasteiger partial charge in [-0.2, -0.15) is 4.31 Å². The molecule has 4 rings (SSSR count). The standard InChI is InChI=1S/C24H30N2O5S/c1-17-15-26(16-18(2)30-17)32(28,29)23-12-5-7-19(13-23)24(27)25-20-8-6-11-22(14-20)31-21-9-3-4-10-21/h5-8,11-14,17-18,21H,3-4,9-10,15-16H2,1-2H3,(H,25,27)/t17-,18-/m0/s1. The predicted molar refractivity (Wildman–Crippen MR) is 122 cm³/mol. The molecule has 1 heterocycles. The van der Waals surface area contributed by atoms with E-state index in [9.17, 15) is 13.2 Å². The normalized spacial score (nSPS) is 22.6. The molecule has 1 N–H and O–H groups in total. The Morgan fingerprint density at radius 2 is 1.72 bits per heavy atom. The third kappa shape index (κ3) is 5.31. The van der Waals surface area contributed by atoms with Crippen molar-refractivity contribution in [2.24, 2.45) is 0 Å². The lowest BCUT2D eigenvalue weighted by Gasteiger charge is -2.34. The van der Waals surface area contributed by atoms with Crippen LogP contribution in [0.2, 0.25) is 0 Å². The number of nitrogens with zero attached hydrogens (tertiary/aromatic N) is 1. The zero-order valence-corrected chi connectivity index (χ0v) is 19.3. The maximum Gasteiger partial charge on any atom is 0.255 e. The van der Waals surface area contributed by atoms with Gasteiger partial charge >= 0.3 is 0 Å². The van der Waals surface area contributed by atoms with E-state index < -0.39 is 10.0 Å². The first-order valence-electron chi connectivity index (χ1n) is 11.1. The van der Waals surface area contributed by atoms with E-state index in [1.165, 1.54) is 29.3 Å². The molecule has 32 heavy (non-hydrogen) atoms. The second-order valence-electron chi connectivity index (χ2n) is 8.61. The van der Waals surface area contributed by atoms with Crippen molar-refractivity contribution in [2.45, 2.75) is 62.7 Å². The number of hydrogen-bond donors (Lipinski definition) is 1. The minimum Gasteiger partial charge on any atom is -0.490 e. The van der Waals surface area contributed by atoms with Crippen molar-refractivity contribution in [3.63, 3.8) is 0 Å². The number of carbonyl (C=O) groups excluding carboxylic acids is 1. The van der Waals surface area contributed by atoms with E-state index in [0.717, 1.165) is 18.6 Å². The highest BCUT2D eigenvalue weighted by atomic mass is 32.2. The Morgan fingerprint density at radius 3 is 2.44 bits per heavy atom. The van der Waals surface area contributed by atoms with Crippen LogP contribution in [0.1, 0.15) is 49.9 Å². The summed E-state index contributed by atoms with van der Waals surface area (Å²) in [6.45, 7) is 4.28. The Kier molecular flexibility index (Phi) is 6.83. The predicted octanol–water partition coefficient (Wildman–Crippen LogP) is 4.06. The number of carbonyl (C=O) groups is 1. The summed E-state index contributed by atoms with van der Waals surface area (Å²) in [4.78, 5) is 13.0. The summed E-state index contributed by atoms with van der Waals surface area (Å²) in [6.07, 6.45) is 4.34. The van der Waals surface area contributed by atoms with Gasteiger partial charge in [0.2, 0.25) is 10.0 Å². The number of rotatable bonds is 6. The molecule has 2 aliphatic rings. The quantitative estimate of drug-likeness (QED) is 0.706. The highest BCUT2D eigenvalue weighted by molar-refractivity contribution is 7.89. The molecule has 1 amide bonds. The highest BCUT2D eigenvalue weighted by Gasteiger charge is 2.32. The molecule has 1 aliphatic carbocycles. The van der Waals surface area contributed by atoms with Gasteiger partial charge in [-0.1, -0.05) is 12.1 Å². The molecule has 0 bridgehead atoms. The van der Waals surface area contributed by atoms with E-state index in [0.29, 0.717) is 5.69 Å². The summed E-state index contributed by atoms with van der Waals surface area (Å²) in [5.41, 5.74) is 0.886. The van der Waals surface area contributed by atoms with Gasteiger partial charge in [0.25, 0.3) is 5.91 Å². The molecule has 1 aliphatic heterocycles. The molecule has 1 saturated heterocycles. The second kappa shape index (κ2) is 9.60. The molecule has 1 saturated carbocycles. The van der Waals surface area contributed by atoms with Gasteiger partial charge in [-0.05, 0) is 69.9 Å². The summed E-state index contributed by atoms with van der Waals surface area (Å²) in [5.74, 6) is 0.352. The third-order valence-electron chi connectivity index (χ3n) is 5.82. The molecule has 0 spiro atoms. The van der Waals surface area contributed by atoms with Gasteiger partial charge in [-0.3, -0.25) is 4.79 Å². The van der Waals surface area contributed by atoms with Crippen LogP contribution in [0.5, 0.6) is 5.75 Å². The number of ether oxygens (including phenoxy) is 2. The van der Waals surface area contributed by atoms with Gasteiger partial charge in [0.1, 0.15) is 5.75 Å². The molecule has 7 nitrogen and oxygen atoms in total. The first kappa shape index (κ1) is 22.8. The monoisotopic (exact) mass is 458 g/mol. The first-order chi connectivity index (χ1) is 15.3.